The molecule has 0 aromatic heterocycles. The maximum atomic E-state index is 14.4. The van der Waals surface area contributed by atoms with Gasteiger partial charge in [0.15, 0.2) is 0 Å². The van der Waals surface area contributed by atoms with Crippen molar-refractivity contribution < 1.29 is 4.39 Å². The average Bonchev–Trinajstić information content (AvgIpc) is 2.48. The molecule has 0 radical (unpaired) electrons. The second kappa shape index (κ2) is 7.01. The summed E-state index contributed by atoms with van der Waals surface area (Å²) in [5.74, 6) is 4.70. The van der Waals surface area contributed by atoms with Gasteiger partial charge in [0.25, 0.3) is 0 Å². The second-order valence-corrected chi connectivity index (χ2v) is 8.79. The quantitative estimate of drug-likeness (QED) is 0.553. The Hall–Kier alpha value is -0.0700. The van der Waals surface area contributed by atoms with E-state index in [0.29, 0.717) is 17.8 Å². The van der Waals surface area contributed by atoms with Crippen molar-refractivity contribution in [2.24, 2.45) is 35.5 Å². The van der Waals surface area contributed by atoms with Gasteiger partial charge in [-0.1, -0.05) is 33.1 Å². The molecule has 3 aliphatic carbocycles. The first kappa shape index (κ1) is 15.8. The molecule has 0 N–H and O–H groups in total. The van der Waals surface area contributed by atoms with Crippen LogP contribution in [0.4, 0.5) is 4.39 Å². The Morgan fingerprint density at radius 3 is 1.62 bits per heavy atom. The van der Waals surface area contributed by atoms with Crippen molar-refractivity contribution >= 4 is 0 Å². The Morgan fingerprint density at radius 2 is 1.05 bits per heavy atom. The van der Waals surface area contributed by atoms with E-state index in [4.69, 9.17) is 0 Å². The number of hydrogen-bond donors (Lipinski definition) is 0. The lowest BCUT2D eigenvalue weighted by Gasteiger charge is -2.42. The second-order valence-electron chi connectivity index (χ2n) is 8.79. The van der Waals surface area contributed by atoms with Gasteiger partial charge >= 0.3 is 0 Å². The largest absolute Gasteiger partial charge is 0.247 e. The topological polar surface area (TPSA) is 0 Å². The number of hydrogen-bond acceptors (Lipinski definition) is 0. The van der Waals surface area contributed by atoms with Crippen LogP contribution in [0.1, 0.15) is 84.5 Å². The Labute approximate surface area is 131 Å². The lowest BCUT2D eigenvalue weighted by Crippen LogP contribution is -2.34. The average molecular weight is 294 g/mol. The molecule has 0 saturated heterocycles. The summed E-state index contributed by atoms with van der Waals surface area (Å²) in [4.78, 5) is 0. The highest BCUT2D eigenvalue weighted by atomic mass is 19.1. The molecule has 0 spiro atoms. The predicted molar refractivity (Wildman–Crippen MR) is 88.0 cm³/mol. The van der Waals surface area contributed by atoms with Crippen LogP contribution in [0.5, 0.6) is 0 Å². The molecule has 0 aromatic rings. The van der Waals surface area contributed by atoms with E-state index >= 15 is 0 Å². The molecule has 3 fully saturated rings. The minimum Gasteiger partial charge on any atom is -0.247 e. The summed E-state index contributed by atoms with van der Waals surface area (Å²) in [6.07, 6.45) is 14.1. The van der Waals surface area contributed by atoms with E-state index in [0.717, 1.165) is 24.2 Å². The van der Waals surface area contributed by atoms with Crippen LogP contribution in [0.25, 0.3) is 0 Å². The number of rotatable bonds is 2. The summed E-state index contributed by atoms with van der Waals surface area (Å²) in [5.41, 5.74) is 0. The van der Waals surface area contributed by atoms with Crippen LogP contribution in [0, 0.1) is 35.5 Å². The molecule has 3 atom stereocenters. The van der Waals surface area contributed by atoms with E-state index in [-0.39, 0.29) is 0 Å². The Kier molecular flexibility index (Phi) is 5.27. The minimum atomic E-state index is -0.495. The van der Waals surface area contributed by atoms with Gasteiger partial charge in [0, 0.05) is 0 Å². The van der Waals surface area contributed by atoms with Crippen molar-refractivity contribution in [3.63, 3.8) is 0 Å². The molecular formula is C20H35F. The molecule has 3 saturated carbocycles. The van der Waals surface area contributed by atoms with Gasteiger partial charge in [0.2, 0.25) is 0 Å². The zero-order chi connectivity index (χ0) is 14.8. The standard InChI is InChI=1S/C20H35F/c1-14-3-6-16(7-4-14)17-8-10-18(11-9-17)19-12-5-15(2)13-20(19)21/h14-20H,3-13H2,1-2H3. The van der Waals surface area contributed by atoms with Crippen molar-refractivity contribution in [1.82, 2.24) is 0 Å². The number of halogens is 1. The fourth-order valence-electron chi connectivity index (χ4n) is 5.67. The van der Waals surface area contributed by atoms with E-state index in [1.54, 1.807) is 0 Å². The zero-order valence-corrected chi connectivity index (χ0v) is 14.2. The van der Waals surface area contributed by atoms with Gasteiger partial charge in [-0.05, 0) is 86.9 Å². The van der Waals surface area contributed by atoms with Gasteiger partial charge in [-0.25, -0.2) is 4.39 Å². The van der Waals surface area contributed by atoms with E-state index < -0.39 is 6.17 Å². The first-order valence-electron chi connectivity index (χ1n) is 9.77. The molecule has 21 heavy (non-hydrogen) atoms. The highest BCUT2D eigenvalue weighted by molar-refractivity contribution is 4.88. The summed E-state index contributed by atoms with van der Waals surface area (Å²) in [7, 11) is 0. The predicted octanol–water partition coefficient (Wildman–Crippen LogP) is 6.39. The molecule has 0 bridgehead atoms. The molecule has 1 heteroatoms. The monoisotopic (exact) mass is 294 g/mol. The van der Waals surface area contributed by atoms with Crippen LogP contribution in [0.15, 0.2) is 0 Å². The summed E-state index contributed by atoms with van der Waals surface area (Å²) in [6, 6.07) is 0. The molecule has 0 amide bonds. The fourth-order valence-corrected chi connectivity index (χ4v) is 5.67. The van der Waals surface area contributed by atoms with Crippen molar-refractivity contribution in [3.8, 4) is 0 Å². The van der Waals surface area contributed by atoms with Gasteiger partial charge in [-0.15, -0.1) is 0 Å². The Bertz CT molecular complexity index is 310. The highest BCUT2D eigenvalue weighted by Gasteiger charge is 2.37. The van der Waals surface area contributed by atoms with Crippen LogP contribution in [-0.2, 0) is 0 Å². The van der Waals surface area contributed by atoms with E-state index in [2.05, 4.69) is 13.8 Å². The summed E-state index contributed by atoms with van der Waals surface area (Å²) >= 11 is 0. The molecular weight excluding hydrogens is 259 g/mol. The molecule has 0 aliphatic heterocycles. The lowest BCUT2D eigenvalue weighted by molar-refractivity contribution is 0.0508. The van der Waals surface area contributed by atoms with Crippen LogP contribution in [-0.4, -0.2) is 6.17 Å². The molecule has 3 rings (SSSR count). The van der Waals surface area contributed by atoms with Crippen LogP contribution in [0.3, 0.4) is 0 Å². The summed E-state index contributed by atoms with van der Waals surface area (Å²) < 4.78 is 14.4. The Morgan fingerprint density at radius 1 is 0.571 bits per heavy atom. The molecule has 0 aromatic carbocycles. The molecule has 0 nitrogen and oxygen atoms in total. The van der Waals surface area contributed by atoms with E-state index in [1.807, 2.05) is 0 Å². The lowest BCUT2D eigenvalue weighted by atomic mass is 9.65. The first-order valence-corrected chi connectivity index (χ1v) is 9.77. The van der Waals surface area contributed by atoms with E-state index in [9.17, 15) is 4.39 Å². The SMILES string of the molecule is CC1CCC(C2CCC(C3CCC(C)CC3F)CC2)CC1. The third-order valence-electron chi connectivity index (χ3n) is 7.23. The molecule has 3 unspecified atom stereocenters. The first-order chi connectivity index (χ1) is 10.1. The van der Waals surface area contributed by atoms with Crippen molar-refractivity contribution in [2.45, 2.75) is 90.6 Å². The fraction of sp³-hybridized carbons (Fsp3) is 1.00. The zero-order valence-electron chi connectivity index (χ0n) is 14.2. The highest BCUT2D eigenvalue weighted by Crippen LogP contribution is 2.46. The van der Waals surface area contributed by atoms with Crippen molar-refractivity contribution in [1.29, 1.82) is 0 Å². The van der Waals surface area contributed by atoms with Gasteiger partial charge in [-0.3, -0.25) is 0 Å². The Balaban J connectivity index is 1.46. The van der Waals surface area contributed by atoms with Gasteiger partial charge in [0.1, 0.15) is 6.17 Å². The van der Waals surface area contributed by atoms with Gasteiger partial charge in [-0.2, -0.15) is 0 Å². The molecule has 0 heterocycles. The van der Waals surface area contributed by atoms with Crippen molar-refractivity contribution in [3.05, 3.63) is 0 Å². The van der Waals surface area contributed by atoms with E-state index in [1.165, 1.54) is 64.2 Å². The van der Waals surface area contributed by atoms with Crippen LogP contribution >= 0.6 is 0 Å². The smallest absolute Gasteiger partial charge is 0.103 e. The third-order valence-corrected chi connectivity index (χ3v) is 7.23. The third kappa shape index (κ3) is 3.82. The minimum absolute atomic E-state index is 0.411. The maximum Gasteiger partial charge on any atom is 0.103 e. The maximum absolute atomic E-state index is 14.4. The van der Waals surface area contributed by atoms with Crippen LogP contribution < -0.4 is 0 Å². The van der Waals surface area contributed by atoms with Gasteiger partial charge < -0.3 is 0 Å². The molecule has 3 aliphatic rings. The normalized spacial score (nSPS) is 49.0. The molecule has 122 valence electrons. The van der Waals surface area contributed by atoms with Crippen LogP contribution in [0.2, 0.25) is 0 Å². The van der Waals surface area contributed by atoms with Crippen molar-refractivity contribution in [2.75, 3.05) is 0 Å². The van der Waals surface area contributed by atoms with Gasteiger partial charge in [0.05, 0.1) is 0 Å². The number of alkyl halides is 1. The summed E-state index contributed by atoms with van der Waals surface area (Å²) in [6.45, 7) is 4.64. The summed E-state index contributed by atoms with van der Waals surface area (Å²) in [5, 5.41) is 0.